The van der Waals surface area contributed by atoms with E-state index >= 15 is 0 Å². The van der Waals surface area contributed by atoms with Gasteiger partial charge in [0.2, 0.25) is 6.79 Å². The summed E-state index contributed by atoms with van der Waals surface area (Å²) in [6.45, 7) is 2.11. The Labute approximate surface area is 136 Å². The molecule has 2 aromatic rings. The number of halogens is 1. The molecule has 0 amide bonds. The lowest BCUT2D eigenvalue weighted by Gasteiger charge is -2.17. The molecule has 0 radical (unpaired) electrons. The molecule has 1 aliphatic rings. The van der Waals surface area contributed by atoms with Gasteiger partial charge in [0.1, 0.15) is 10.8 Å². The average Bonchev–Trinajstić information content (AvgIpc) is 3.01. The van der Waals surface area contributed by atoms with Crippen molar-refractivity contribution < 1.29 is 18.8 Å². The molecule has 2 aromatic carbocycles. The van der Waals surface area contributed by atoms with Gasteiger partial charge in [-0.2, -0.15) is 0 Å². The molecule has 0 aromatic heterocycles. The van der Waals surface area contributed by atoms with E-state index in [1.54, 1.807) is 30.3 Å². The van der Waals surface area contributed by atoms with Gasteiger partial charge in [-0.1, -0.05) is 23.8 Å². The molecule has 0 fully saturated rings. The van der Waals surface area contributed by atoms with E-state index < -0.39 is 21.6 Å². The fourth-order valence-electron chi connectivity index (χ4n) is 2.17. The number of rotatable bonds is 4. The number of aliphatic hydroxyl groups is 1. The minimum Gasteiger partial charge on any atom is -0.454 e. The van der Waals surface area contributed by atoms with Crippen molar-refractivity contribution in [1.82, 2.24) is 0 Å². The summed E-state index contributed by atoms with van der Waals surface area (Å²) < 4.78 is 22.0. The Bertz CT molecular complexity index is 702. The largest absolute Gasteiger partial charge is 0.454 e. The first-order valence-corrected chi connectivity index (χ1v) is 8.40. The Morgan fingerprint density at radius 3 is 2.55 bits per heavy atom. The van der Waals surface area contributed by atoms with Crippen molar-refractivity contribution in [2.24, 2.45) is 0 Å². The van der Waals surface area contributed by atoms with Crippen molar-refractivity contribution in [2.45, 2.75) is 22.6 Å². The van der Waals surface area contributed by atoms with Gasteiger partial charge in [-0.3, -0.25) is 4.21 Å². The zero-order chi connectivity index (χ0) is 15.7. The van der Waals surface area contributed by atoms with E-state index in [1.165, 1.54) is 0 Å². The summed E-state index contributed by atoms with van der Waals surface area (Å²) >= 11 is 6.22. The van der Waals surface area contributed by atoms with Gasteiger partial charge in [-0.05, 0) is 36.8 Å². The van der Waals surface area contributed by atoms with Gasteiger partial charge in [0.25, 0.3) is 0 Å². The van der Waals surface area contributed by atoms with E-state index in [9.17, 15) is 9.32 Å². The van der Waals surface area contributed by atoms with Crippen LogP contribution in [0.2, 0.25) is 0 Å². The fraction of sp³-hybridized carbons (Fsp3) is 0.250. The van der Waals surface area contributed by atoms with Crippen molar-refractivity contribution >= 4 is 22.4 Å². The Morgan fingerprint density at radius 2 is 1.82 bits per heavy atom. The third-order valence-corrected chi connectivity index (χ3v) is 5.57. The molecule has 22 heavy (non-hydrogen) atoms. The predicted octanol–water partition coefficient (Wildman–Crippen LogP) is 3.13. The van der Waals surface area contributed by atoms with Gasteiger partial charge in [-0.25, -0.2) is 0 Å². The third kappa shape index (κ3) is 2.97. The first-order chi connectivity index (χ1) is 10.6. The highest BCUT2D eigenvalue weighted by molar-refractivity contribution is 7.87. The van der Waals surface area contributed by atoms with Crippen LogP contribution in [0, 0.1) is 6.92 Å². The molecule has 6 heteroatoms. The topological polar surface area (TPSA) is 55.8 Å². The zero-order valence-corrected chi connectivity index (χ0v) is 13.4. The molecule has 1 N–H and O–H groups in total. The van der Waals surface area contributed by atoms with Crippen molar-refractivity contribution in [2.75, 3.05) is 6.79 Å². The second-order valence-electron chi connectivity index (χ2n) is 5.02. The fourth-order valence-corrected chi connectivity index (χ4v) is 3.68. The number of aliphatic hydroxyl groups excluding tert-OH is 1. The minimum atomic E-state index is -1.52. The summed E-state index contributed by atoms with van der Waals surface area (Å²) in [5, 5.41) is 10.4. The van der Waals surface area contributed by atoms with Gasteiger partial charge in [-0.15, -0.1) is 11.6 Å². The van der Waals surface area contributed by atoms with E-state index in [2.05, 4.69) is 0 Å². The Morgan fingerprint density at radius 1 is 1.14 bits per heavy atom. The monoisotopic (exact) mass is 338 g/mol. The standard InChI is InChI=1S/C16H15ClO4S/c1-10-2-5-12(6-3-10)22(19)16(17)15(18)11-4-7-13-14(8-11)21-9-20-13/h2-8,15-16,18H,9H2,1H3. The molecule has 0 saturated heterocycles. The number of aryl methyl sites for hydroxylation is 1. The number of fused-ring (bicyclic) bond motifs is 1. The molecule has 3 rings (SSSR count). The maximum Gasteiger partial charge on any atom is 0.231 e. The lowest BCUT2D eigenvalue weighted by Crippen LogP contribution is -2.18. The van der Waals surface area contributed by atoms with Crippen LogP contribution in [-0.2, 0) is 10.8 Å². The van der Waals surface area contributed by atoms with E-state index in [0.29, 0.717) is 22.0 Å². The predicted molar refractivity (Wildman–Crippen MR) is 84.8 cm³/mol. The van der Waals surface area contributed by atoms with Crippen LogP contribution in [0.3, 0.4) is 0 Å². The number of alkyl halides is 1. The molecule has 3 unspecified atom stereocenters. The van der Waals surface area contributed by atoms with Crippen LogP contribution in [0.5, 0.6) is 11.5 Å². The van der Waals surface area contributed by atoms with Crippen LogP contribution in [0.4, 0.5) is 0 Å². The second kappa shape index (κ2) is 6.28. The normalized spacial score (nSPS) is 17.0. The molecule has 3 atom stereocenters. The van der Waals surface area contributed by atoms with Crippen LogP contribution in [0.25, 0.3) is 0 Å². The number of hydrogen-bond acceptors (Lipinski definition) is 4. The van der Waals surface area contributed by atoms with Crippen LogP contribution in [-0.4, -0.2) is 20.8 Å². The zero-order valence-electron chi connectivity index (χ0n) is 11.9. The van der Waals surface area contributed by atoms with E-state index in [-0.39, 0.29) is 6.79 Å². The first-order valence-electron chi connectivity index (χ1n) is 6.75. The SMILES string of the molecule is Cc1ccc(S(=O)C(Cl)C(O)c2ccc3c(c2)OCO3)cc1. The quantitative estimate of drug-likeness (QED) is 0.870. The third-order valence-electron chi connectivity index (χ3n) is 3.44. The summed E-state index contributed by atoms with van der Waals surface area (Å²) in [5.74, 6) is 1.18. The molecular weight excluding hydrogens is 324 g/mol. The molecule has 1 aliphatic heterocycles. The molecule has 1 heterocycles. The smallest absolute Gasteiger partial charge is 0.231 e. The highest BCUT2D eigenvalue weighted by atomic mass is 35.5. The van der Waals surface area contributed by atoms with Crippen LogP contribution in [0.15, 0.2) is 47.4 Å². The number of ether oxygens (including phenoxy) is 2. The van der Waals surface area contributed by atoms with Gasteiger partial charge >= 0.3 is 0 Å². The van der Waals surface area contributed by atoms with Gasteiger partial charge in [0.15, 0.2) is 11.5 Å². The number of benzene rings is 2. The molecule has 116 valence electrons. The van der Waals surface area contributed by atoms with E-state index in [4.69, 9.17) is 21.1 Å². The highest BCUT2D eigenvalue weighted by Gasteiger charge is 2.27. The highest BCUT2D eigenvalue weighted by Crippen LogP contribution is 2.36. The molecule has 4 nitrogen and oxygen atoms in total. The van der Waals surface area contributed by atoms with E-state index in [1.807, 2.05) is 19.1 Å². The second-order valence-corrected chi connectivity index (χ2v) is 7.32. The molecule has 0 aliphatic carbocycles. The summed E-state index contributed by atoms with van der Waals surface area (Å²) in [6, 6.07) is 12.3. The van der Waals surface area contributed by atoms with Crippen LogP contribution < -0.4 is 9.47 Å². The Balaban J connectivity index is 1.80. The maximum absolute atomic E-state index is 12.5. The maximum atomic E-state index is 12.5. The van der Waals surface area contributed by atoms with Crippen LogP contribution >= 0.6 is 11.6 Å². The first kappa shape index (κ1) is 15.3. The lowest BCUT2D eigenvalue weighted by molar-refractivity contribution is 0.173. The molecule has 0 bridgehead atoms. The van der Waals surface area contributed by atoms with Crippen molar-refractivity contribution in [3.8, 4) is 11.5 Å². The lowest BCUT2D eigenvalue weighted by atomic mass is 10.1. The van der Waals surface area contributed by atoms with Gasteiger partial charge in [0.05, 0.1) is 10.8 Å². The van der Waals surface area contributed by atoms with Crippen molar-refractivity contribution in [3.63, 3.8) is 0 Å². The van der Waals surface area contributed by atoms with Gasteiger partial charge < -0.3 is 14.6 Å². The van der Waals surface area contributed by atoms with Crippen LogP contribution in [0.1, 0.15) is 17.2 Å². The summed E-state index contributed by atoms with van der Waals surface area (Å²) in [5.41, 5.74) is 1.62. The molecular formula is C16H15ClO4S. The number of hydrogen-bond donors (Lipinski definition) is 1. The summed E-state index contributed by atoms with van der Waals surface area (Å²) in [7, 11) is -1.52. The summed E-state index contributed by atoms with van der Waals surface area (Å²) in [6.07, 6.45) is -1.07. The molecule has 0 saturated carbocycles. The van der Waals surface area contributed by atoms with Gasteiger partial charge in [0, 0.05) is 4.90 Å². The Kier molecular flexibility index (Phi) is 4.38. The Hall–Kier alpha value is -1.56. The van der Waals surface area contributed by atoms with E-state index in [0.717, 1.165) is 5.56 Å². The minimum absolute atomic E-state index is 0.161. The molecule has 0 spiro atoms. The summed E-state index contributed by atoms with van der Waals surface area (Å²) in [4.78, 5) is 0.588. The van der Waals surface area contributed by atoms with Crippen molar-refractivity contribution in [3.05, 3.63) is 53.6 Å². The average molecular weight is 339 g/mol. The van der Waals surface area contributed by atoms with Crippen molar-refractivity contribution in [1.29, 1.82) is 0 Å².